The van der Waals surface area contributed by atoms with Gasteiger partial charge in [0.05, 0.1) is 19.8 Å². The molecule has 3 unspecified atom stereocenters. The first-order valence-corrected chi connectivity index (χ1v) is 29.9. The molecule has 0 amide bonds. The summed E-state index contributed by atoms with van der Waals surface area (Å²) in [6, 6.07) is 0. The molecule has 278 valence electrons. The Hall–Kier alpha value is 3.58. The summed E-state index contributed by atoms with van der Waals surface area (Å²) in [5, 5.41) is 0. The topological polar surface area (TPSA) is 96.9 Å². The van der Waals surface area contributed by atoms with Gasteiger partial charge in [0.1, 0.15) is 0 Å². The van der Waals surface area contributed by atoms with Crippen LogP contribution in [0.1, 0.15) is 157 Å². The summed E-state index contributed by atoms with van der Waals surface area (Å²) in [6.45, 7) is 14.5. The fourth-order valence-electron chi connectivity index (χ4n) is 3.28. The second-order valence-electron chi connectivity index (χ2n) is 10.6. The molecule has 2 radical (unpaired) electrons. The molecular weight excluding hydrogens is 863 g/mol. The quantitative estimate of drug-likeness (QED) is 0.0390. The monoisotopic (exact) mass is 928 g/mol. The van der Waals surface area contributed by atoms with Crippen LogP contribution in [0.3, 0.4) is 0 Å². The molecule has 0 aliphatic rings. The Labute approximate surface area is 330 Å². The molecule has 0 fully saturated rings. The van der Waals surface area contributed by atoms with Crippen molar-refractivity contribution in [1.82, 2.24) is 0 Å². The van der Waals surface area contributed by atoms with E-state index < -0.39 is 17.1 Å². The molecule has 0 saturated carbocycles. The maximum atomic E-state index is 11.7. The van der Waals surface area contributed by atoms with Crippen LogP contribution in [0.5, 0.6) is 0 Å². The fourth-order valence-corrected chi connectivity index (χ4v) is 13.4. The van der Waals surface area contributed by atoms with Crippen molar-refractivity contribution >= 4 is 111 Å². The zero-order valence-electron chi connectivity index (χ0n) is 29.7. The van der Waals surface area contributed by atoms with Crippen LogP contribution in [0.15, 0.2) is 0 Å². The van der Waals surface area contributed by atoms with Crippen molar-refractivity contribution in [2.24, 2.45) is 0 Å². The largest absolute Gasteiger partial charge is 3.00 e. The van der Waals surface area contributed by atoms with Gasteiger partial charge in [-0.05, 0) is 55.8 Å². The van der Waals surface area contributed by atoms with E-state index in [0.29, 0.717) is 19.8 Å². The van der Waals surface area contributed by atoms with Gasteiger partial charge in [0, 0.05) is 17.1 Å². The minimum atomic E-state index is -2.77. The third-order valence-electron chi connectivity index (χ3n) is 5.98. The Balaban J connectivity index is -0.000000285. The van der Waals surface area contributed by atoms with E-state index in [1.165, 1.54) is 72.7 Å². The molecule has 0 aliphatic carbocycles. The normalized spacial score (nSPS) is 14.8. The van der Waals surface area contributed by atoms with E-state index in [1.807, 2.05) is 0 Å². The van der Waals surface area contributed by atoms with Gasteiger partial charge in [-0.1, -0.05) is 154 Å². The molecule has 3 atom stereocenters. The van der Waals surface area contributed by atoms with Gasteiger partial charge in [-0.3, -0.25) is 0 Å². The SMILES string of the molecule is CCCCCOP([O-])(=S)SCCCCC.CCCCCOP([O-])(=S)SCCCCC.CCCCCOP([O-])(=S)SCCCCC.[Sb+3]. The number of hydrogen-bond acceptors (Lipinski definition) is 12. The Kier molecular flexibility index (Phi) is 50.6. The van der Waals surface area contributed by atoms with Gasteiger partial charge in [-0.15, -0.1) is 34.1 Å². The van der Waals surface area contributed by atoms with E-state index in [9.17, 15) is 14.7 Å². The van der Waals surface area contributed by atoms with Crippen molar-refractivity contribution in [2.45, 2.75) is 157 Å². The van der Waals surface area contributed by atoms with E-state index in [1.54, 1.807) is 0 Å². The smallest absolute Gasteiger partial charge is 0.793 e. The maximum absolute atomic E-state index is 11.7. The van der Waals surface area contributed by atoms with Crippen LogP contribution in [0.25, 0.3) is 0 Å². The van der Waals surface area contributed by atoms with Crippen LogP contribution in [0, 0.1) is 0 Å². The Morgan fingerprint density at radius 3 is 0.783 bits per heavy atom. The van der Waals surface area contributed by atoms with Gasteiger partial charge in [-0.25, -0.2) is 0 Å². The summed E-state index contributed by atoms with van der Waals surface area (Å²) in [5.74, 6) is 2.59. The van der Waals surface area contributed by atoms with E-state index in [-0.39, 0.29) is 24.4 Å². The standard InChI is InChI=1S/3C10H23O2PS2.Sb/c3*1-3-5-7-9-12-13(11,14)15-10-8-6-4-2;/h3*3-10H2,1-2H3,(H,11,14);/q;;;+3/p-3. The van der Waals surface area contributed by atoms with E-state index >= 15 is 0 Å². The summed E-state index contributed by atoms with van der Waals surface area (Å²) in [7, 11) is 0. The summed E-state index contributed by atoms with van der Waals surface area (Å²) >= 11 is 18.8. The van der Waals surface area contributed by atoms with E-state index in [0.717, 1.165) is 94.3 Å². The predicted octanol–water partition coefficient (Wildman–Crippen LogP) is 10.7. The summed E-state index contributed by atoms with van der Waals surface area (Å²) in [4.78, 5) is 35.1. The first-order chi connectivity index (χ1) is 21.4. The first-order valence-electron chi connectivity index (χ1n) is 17.2. The molecule has 0 N–H and O–H groups in total. The van der Waals surface area contributed by atoms with Gasteiger partial charge >= 0.3 is 24.4 Å². The Bertz CT molecular complexity index is 619. The zero-order chi connectivity index (χ0) is 34.7. The fraction of sp³-hybridized carbons (Fsp3) is 1.00. The molecule has 0 aromatic rings. The molecule has 0 aromatic carbocycles. The van der Waals surface area contributed by atoms with E-state index in [4.69, 9.17) is 49.0 Å². The summed E-state index contributed by atoms with van der Waals surface area (Å²) in [5.41, 5.74) is -8.32. The van der Waals surface area contributed by atoms with Crippen LogP contribution < -0.4 is 14.7 Å². The summed E-state index contributed by atoms with van der Waals surface area (Å²) < 4.78 is 15.7. The van der Waals surface area contributed by atoms with Gasteiger partial charge < -0.3 is 28.3 Å². The first kappa shape index (κ1) is 56.3. The molecule has 0 rings (SSSR count). The molecule has 0 aliphatic heterocycles. The average Bonchev–Trinajstić information content (AvgIpc) is 2.99. The van der Waals surface area contributed by atoms with Crippen molar-refractivity contribution < 1.29 is 28.3 Å². The van der Waals surface area contributed by atoms with Crippen LogP contribution in [0.4, 0.5) is 0 Å². The van der Waals surface area contributed by atoms with Crippen LogP contribution >= 0.6 is 51.2 Å². The molecule has 0 aromatic heterocycles. The van der Waals surface area contributed by atoms with E-state index in [2.05, 4.69) is 41.5 Å². The molecule has 0 heterocycles. The predicted molar refractivity (Wildman–Crippen MR) is 221 cm³/mol. The number of unbranched alkanes of at least 4 members (excludes halogenated alkanes) is 12. The number of rotatable bonds is 30. The molecule has 0 bridgehead atoms. The molecule has 6 nitrogen and oxygen atoms in total. The molecule has 0 spiro atoms. The van der Waals surface area contributed by atoms with Crippen LogP contribution in [0.2, 0.25) is 0 Å². The average molecular weight is 930 g/mol. The van der Waals surface area contributed by atoms with Crippen molar-refractivity contribution in [3.05, 3.63) is 0 Å². The number of hydrogen-bond donors (Lipinski definition) is 0. The Morgan fingerprint density at radius 1 is 0.391 bits per heavy atom. The maximum Gasteiger partial charge on any atom is 3.00 e. The van der Waals surface area contributed by atoms with Crippen molar-refractivity contribution in [3.63, 3.8) is 0 Å². The second-order valence-corrected chi connectivity index (χ2v) is 29.1. The van der Waals surface area contributed by atoms with Gasteiger partial charge in [-0.2, -0.15) is 0 Å². The second kappa shape index (κ2) is 41.3. The molecule has 16 heteroatoms. The van der Waals surface area contributed by atoms with Crippen LogP contribution in [-0.2, 0) is 49.0 Å². The summed E-state index contributed by atoms with van der Waals surface area (Å²) in [6.07, 6.45) is 20.0. The van der Waals surface area contributed by atoms with Crippen molar-refractivity contribution in [3.8, 4) is 0 Å². The zero-order valence-corrected chi connectivity index (χ0v) is 39.8. The molecule has 0 saturated heterocycles. The molecular formula is C30H66O6P3S6Sb. The Morgan fingerprint density at radius 2 is 0.587 bits per heavy atom. The third kappa shape index (κ3) is 49.7. The van der Waals surface area contributed by atoms with Crippen LogP contribution in [-0.4, -0.2) is 61.5 Å². The van der Waals surface area contributed by atoms with Gasteiger partial charge in [0.2, 0.25) is 0 Å². The molecule has 46 heavy (non-hydrogen) atoms. The third-order valence-corrected chi connectivity index (χ3v) is 19.1. The minimum absolute atomic E-state index is 0. The van der Waals surface area contributed by atoms with Gasteiger partial charge in [0.15, 0.2) is 0 Å². The van der Waals surface area contributed by atoms with Gasteiger partial charge in [0.25, 0.3) is 0 Å². The minimum Gasteiger partial charge on any atom is -0.793 e. The van der Waals surface area contributed by atoms with Crippen molar-refractivity contribution in [2.75, 3.05) is 37.1 Å². The van der Waals surface area contributed by atoms with Crippen molar-refractivity contribution in [1.29, 1.82) is 0 Å².